The van der Waals surface area contributed by atoms with Crippen LogP contribution in [0.3, 0.4) is 0 Å². The number of ether oxygens (including phenoxy) is 1. The Kier molecular flexibility index (Phi) is 5.99. The second-order valence-electron chi connectivity index (χ2n) is 5.25. The molecule has 1 unspecified atom stereocenters. The van der Waals surface area contributed by atoms with Crippen molar-refractivity contribution in [2.24, 2.45) is 0 Å². The van der Waals surface area contributed by atoms with E-state index < -0.39 is 0 Å². The zero-order chi connectivity index (χ0) is 13.7. The van der Waals surface area contributed by atoms with Gasteiger partial charge in [-0.25, -0.2) is 0 Å². The van der Waals surface area contributed by atoms with Crippen LogP contribution in [-0.2, 0) is 0 Å². The second-order valence-corrected chi connectivity index (χ2v) is 6.54. The molecule has 0 radical (unpaired) electrons. The van der Waals surface area contributed by atoms with Crippen LogP contribution in [0.2, 0.25) is 5.02 Å². The van der Waals surface area contributed by atoms with Crippen LogP contribution in [-0.4, -0.2) is 18.7 Å². The molecule has 1 atom stereocenters. The van der Waals surface area contributed by atoms with Gasteiger partial charge in [0.15, 0.2) is 0 Å². The quantitative estimate of drug-likeness (QED) is 0.827. The summed E-state index contributed by atoms with van der Waals surface area (Å²) in [5.41, 5.74) is 0. The maximum absolute atomic E-state index is 5.92. The van der Waals surface area contributed by atoms with Gasteiger partial charge >= 0.3 is 0 Å². The summed E-state index contributed by atoms with van der Waals surface area (Å²) in [5, 5.41) is 4.32. The molecular weight excluding hydrogens is 326 g/mol. The van der Waals surface area contributed by atoms with Crippen molar-refractivity contribution in [3.63, 3.8) is 0 Å². The van der Waals surface area contributed by atoms with Crippen molar-refractivity contribution in [3.8, 4) is 5.75 Å². The van der Waals surface area contributed by atoms with Crippen molar-refractivity contribution >= 4 is 27.5 Å². The van der Waals surface area contributed by atoms with Crippen molar-refractivity contribution in [3.05, 3.63) is 27.7 Å². The summed E-state index contributed by atoms with van der Waals surface area (Å²) in [6.07, 6.45) is 6.86. The molecule has 1 aromatic carbocycles. The Bertz CT molecular complexity index is 407. The molecule has 0 aromatic heterocycles. The highest BCUT2D eigenvalue weighted by atomic mass is 79.9. The van der Waals surface area contributed by atoms with Gasteiger partial charge < -0.3 is 10.1 Å². The van der Waals surface area contributed by atoms with Gasteiger partial charge in [-0.05, 0) is 53.9 Å². The van der Waals surface area contributed by atoms with E-state index in [9.17, 15) is 0 Å². The maximum Gasteiger partial charge on any atom is 0.134 e. The summed E-state index contributed by atoms with van der Waals surface area (Å²) in [5.74, 6) is 0.849. The van der Waals surface area contributed by atoms with Crippen LogP contribution in [0.4, 0.5) is 0 Å². The van der Waals surface area contributed by atoms with E-state index in [4.69, 9.17) is 16.3 Å². The molecule has 1 N–H and O–H groups in total. The van der Waals surface area contributed by atoms with Gasteiger partial charge in [-0.3, -0.25) is 0 Å². The lowest BCUT2D eigenvalue weighted by Crippen LogP contribution is -2.37. The smallest absolute Gasteiger partial charge is 0.134 e. The molecular formula is C15H21BrClNO. The van der Waals surface area contributed by atoms with Crippen LogP contribution >= 0.6 is 27.5 Å². The van der Waals surface area contributed by atoms with Crippen LogP contribution in [0.5, 0.6) is 5.75 Å². The topological polar surface area (TPSA) is 21.3 Å². The highest BCUT2D eigenvalue weighted by molar-refractivity contribution is 9.10. The van der Waals surface area contributed by atoms with E-state index in [2.05, 4.69) is 28.2 Å². The molecule has 1 aliphatic carbocycles. The van der Waals surface area contributed by atoms with Gasteiger partial charge in [-0.1, -0.05) is 30.9 Å². The normalized spacial score (nSPS) is 18.3. The lowest BCUT2D eigenvalue weighted by molar-refractivity contribution is 0.204. The average molecular weight is 347 g/mol. The zero-order valence-electron chi connectivity index (χ0n) is 11.3. The third kappa shape index (κ3) is 4.97. The van der Waals surface area contributed by atoms with E-state index >= 15 is 0 Å². The number of hydrogen-bond acceptors (Lipinski definition) is 2. The lowest BCUT2D eigenvalue weighted by atomic mass is 9.95. The number of rotatable bonds is 5. The van der Waals surface area contributed by atoms with Gasteiger partial charge in [0, 0.05) is 17.6 Å². The first-order chi connectivity index (χ1) is 9.15. The van der Waals surface area contributed by atoms with Gasteiger partial charge in [0.25, 0.3) is 0 Å². The molecule has 0 heterocycles. The fourth-order valence-corrected chi connectivity index (χ4v) is 3.24. The number of nitrogens with one attached hydrogen (secondary N) is 1. The minimum Gasteiger partial charge on any atom is -0.488 e. The monoisotopic (exact) mass is 345 g/mol. The SMILES string of the molecule is CC(CNC1CCCCC1)Oc1ccc(Cl)cc1Br. The van der Waals surface area contributed by atoms with Gasteiger partial charge in [0.2, 0.25) is 0 Å². The molecule has 1 aromatic rings. The Labute approximate surface area is 129 Å². The summed E-state index contributed by atoms with van der Waals surface area (Å²) in [6.45, 7) is 2.98. The van der Waals surface area contributed by atoms with Gasteiger partial charge in [-0.2, -0.15) is 0 Å². The van der Waals surface area contributed by atoms with Crippen molar-refractivity contribution < 1.29 is 4.74 Å². The molecule has 1 aliphatic rings. The van der Waals surface area contributed by atoms with Crippen LogP contribution in [0.25, 0.3) is 0 Å². The highest BCUT2D eigenvalue weighted by Gasteiger charge is 2.14. The highest BCUT2D eigenvalue weighted by Crippen LogP contribution is 2.28. The Morgan fingerprint density at radius 3 is 2.79 bits per heavy atom. The largest absolute Gasteiger partial charge is 0.488 e. The molecule has 2 nitrogen and oxygen atoms in total. The maximum atomic E-state index is 5.92. The van der Waals surface area contributed by atoms with E-state index in [1.165, 1.54) is 32.1 Å². The fourth-order valence-electron chi connectivity index (χ4n) is 2.47. The van der Waals surface area contributed by atoms with E-state index in [-0.39, 0.29) is 6.10 Å². The molecule has 0 aliphatic heterocycles. The molecule has 0 amide bonds. The third-order valence-electron chi connectivity index (χ3n) is 3.52. The molecule has 2 rings (SSSR count). The van der Waals surface area contributed by atoms with Crippen LogP contribution < -0.4 is 10.1 Å². The standard InChI is InChI=1S/C15H21BrClNO/c1-11(10-18-13-5-3-2-4-6-13)19-15-8-7-12(17)9-14(15)16/h7-9,11,13,18H,2-6,10H2,1H3. The van der Waals surface area contributed by atoms with Crippen LogP contribution in [0, 0.1) is 0 Å². The molecule has 0 saturated heterocycles. The number of hydrogen-bond donors (Lipinski definition) is 1. The minimum absolute atomic E-state index is 0.152. The predicted molar refractivity (Wildman–Crippen MR) is 84.1 cm³/mol. The Morgan fingerprint density at radius 2 is 2.11 bits per heavy atom. The number of halogens is 2. The molecule has 0 spiro atoms. The Balaban J connectivity index is 1.78. The van der Waals surface area contributed by atoms with E-state index in [1.54, 1.807) is 0 Å². The van der Waals surface area contributed by atoms with E-state index in [0.717, 1.165) is 16.8 Å². The summed E-state index contributed by atoms with van der Waals surface area (Å²) in [4.78, 5) is 0. The molecule has 0 bridgehead atoms. The second kappa shape index (κ2) is 7.51. The third-order valence-corrected chi connectivity index (χ3v) is 4.38. The Hall–Kier alpha value is -0.250. The average Bonchev–Trinajstić information content (AvgIpc) is 2.41. The fraction of sp³-hybridized carbons (Fsp3) is 0.600. The zero-order valence-corrected chi connectivity index (χ0v) is 13.6. The summed E-state index contributed by atoms with van der Waals surface area (Å²) >= 11 is 9.39. The van der Waals surface area contributed by atoms with Crippen molar-refractivity contribution in [1.82, 2.24) is 5.32 Å². The van der Waals surface area contributed by atoms with Crippen LogP contribution in [0.1, 0.15) is 39.0 Å². The Morgan fingerprint density at radius 1 is 1.37 bits per heavy atom. The lowest BCUT2D eigenvalue weighted by Gasteiger charge is -2.25. The van der Waals surface area contributed by atoms with E-state index in [1.807, 2.05) is 18.2 Å². The summed E-state index contributed by atoms with van der Waals surface area (Å²) in [6, 6.07) is 6.29. The van der Waals surface area contributed by atoms with Crippen molar-refractivity contribution in [1.29, 1.82) is 0 Å². The van der Waals surface area contributed by atoms with Crippen LogP contribution in [0.15, 0.2) is 22.7 Å². The molecule has 1 saturated carbocycles. The summed E-state index contributed by atoms with van der Waals surface area (Å²) < 4.78 is 6.83. The minimum atomic E-state index is 0.152. The first-order valence-electron chi connectivity index (χ1n) is 7.00. The number of benzene rings is 1. The molecule has 4 heteroatoms. The molecule has 1 fully saturated rings. The molecule has 106 valence electrons. The van der Waals surface area contributed by atoms with Gasteiger partial charge in [-0.15, -0.1) is 0 Å². The van der Waals surface area contributed by atoms with E-state index in [0.29, 0.717) is 11.1 Å². The summed E-state index contributed by atoms with van der Waals surface area (Å²) in [7, 11) is 0. The van der Waals surface area contributed by atoms with Gasteiger partial charge in [0.1, 0.15) is 11.9 Å². The predicted octanol–water partition coefficient (Wildman–Crippen LogP) is 4.79. The van der Waals surface area contributed by atoms with Gasteiger partial charge in [0.05, 0.1) is 4.47 Å². The van der Waals surface area contributed by atoms with Crippen molar-refractivity contribution in [2.45, 2.75) is 51.2 Å². The molecule has 19 heavy (non-hydrogen) atoms. The first kappa shape index (κ1) is 15.1. The van der Waals surface area contributed by atoms with Crippen molar-refractivity contribution in [2.75, 3.05) is 6.54 Å². The first-order valence-corrected chi connectivity index (χ1v) is 8.17.